The summed E-state index contributed by atoms with van der Waals surface area (Å²) in [7, 11) is -3.33. The third-order valence-corrected chi connectivity index (χ3v) is 6.53. The van der Waals surface area contributed by atoms with Gasteiger partial charge in [0.1, 0.15) is 0 Å². The van der Waals surface area contributed by atoms with Gasteiger partial charge in [-0.15, -0.1) is 0 Å². The normalized spacial score (nSPS) is 13.1. The van der Waals surface area contributed by atoms with Gasteiger partial charge < -0.3 is 5.32 Å². The van der Waals surface area contributed by atoms with Crippen LogP contribution in [0.1, 0.15) is 40.7 Å². The summed E-state index contributed by atoms with van der Waals surface area (Å²) in [4.78, 5) is 12.9. The highest BCUT2D eigenvalue weighted by molar-refractivity contribution is 7.92. The van der Waals surface area contributed by atoms with E-state index in [4.69, 9.17) is 0 Å². The van der Waals surface area contributed by atoms with E-state index in [1.807, 2.05) is 35.9 Å². The first-order valence-corrected chi connectivity index (χ1v) is 11.6. The molecule has 1 aromatic heterocycles. The molecule has 0 unspecified atom stereocenters. The van der Waals surface area contributed by atoms with Crippen molar-refractivity contribution in [2.24, 2.45) is 0 Å². The number of sulfonamides is 1. The summed E-state index contributed by atoms with van der Waals surface area (Å²) in [5.74, 6) is -0.263. The summed E-state index contributed by atoms with van der Waals surface area (Å²) in [6, 6.07) is 14.7. The lowest BCUT2D eigenvalue weighted by Crippen LogP contribution is -2.16. The van der Waals surface area contributed by atoms with E-state index in [0.717, 1.165) is 36.2 Å². The van der Waals surface area contributed by atoms with Gasteiger partial charge in [0.2, 0.25) is 10.0 Å². The van der Waals surface area contributed by atoms with Crippen LogP contribution in [0.2, 0.25) is 0 Å². The molecular weight excluding hydrogens is 400 g/mol. The van der Waals surface area contributed by atoms with E-state index in [1.54, 1.807) is 31.2 Å². The molecule has 0 radical (unpaired) electrons. The maximum Gasteiger partial charge on any atom is 0.276 e. The highest BCUT2D eigenvalue weighted by Crippen LogP contribution is 2.28. The number of aryl methyl sites for hydroxylation is 1. The molecule has 0 saturated heterocycles. The Morgan fingerprint density at radius 3 is 2.37 bits per heavy atom. The van der Waals surface area contributed by atoms with E-state index in [1.165, 1.54) is 5.56 Å². The first-order valence-electron chi connectivity index (χ1n) is 9.96. The lowest BCUT2D eigenvalue weighted by molar-refractivity contribution is 0.102. The fraction of sp³-hybridized carbons (Fsp3) is 0.273. The largest absolute Gasteiger partial charge is 0.321 e. The van der Waals surface area contributed by atoms with Gasteiger partial charge in [0.05, 0.1) is 11.4 Å². The zero-order valence-corrected chi connectivity index (χ0v) is 17.8. The van der Waals surface area contributed by atoms with E-state index in [-0.39, 0.29) is 11.7 Å². The molecule has 0 saturated carbocycles. The minimum Gasteiger partial charge on any atom is -0.321 e. The van der Waals surface area contributed by atoms with Crippen molar-refractivity contribution in [3.63, 3.8) is 0 Å². The fourth-order valence-corrected chi connectivity index (χ4v) is 4.22. The summed E-state index contributed by atoms with van der Waals surface area (Å²) in [5.41, 5.74) is 5.69. The summed E-state index contributed by atoms with van der Waals surface area (Å²) in [6.45, 7) is 3.61. The Balaban J connectivity index is 1.56. The molecule has 8 heteroatoms. The maximum atomic E-state index is 12.9. The number of anilines is 2. The van der Waals surface area contributed by atoms with E-state index < -0.39 is 10.0 Å². The van der Waals surface area contributed by atoms with Gasteiger partial charge in [0.15, 0.2) is 5.69 Å². The Hall–Kier alpha value is -3.13. The van der Waals surface area contributed by atoms with Gasteiger partial charge in [-0.05, 0) is 69.5 Å². The van der Waals surface area contributed by atoms with E-state index in [9.17, 15) is 13.2 Å². The smallest absolute Gasteiger partial charge is 0.276 e. The molecule has 0 fully saturated rings. The molecule has 1 amide bonds. The number of nitrogens with one attached hydrogen (secondary N) is 2. The predicted octanol–water partition coefficient (Wildman–Crippen LogP) is 3.68. The predicted molar refractivity (Wildman–Crippen MR) is 118 cm³/mol. The lowest BCUT2D eigenvalue weighted by Gasteiger charge is -2.08. The van der Waals surface area contributed by atoms with Crippen LogP contribution < -0.4 is 10.0 Å². The molecule has 0 spiro atoms. The molecular formula is C22H24N4O3S. The second-order valence-corrected chi connectivity index (χ2v) is 9.42. The number of rotatable bonds is 6. The Morgan fingerprint density at radius 1 is 1.03 bits per heavy atom. The van der Waals surface area contributed by atoms with Gasteiger partial charge in [0, 0.05) is 22.6 Å². The molecule has 0 bridgehead atoms. The summed E-state index contributed by atoms with van der Waals surface area (Å²) in [5, 5.41) is 7.49. The lowest BCUT2D eigenvalue weighted by atomic mass is 10.2. The number of aromatic nitrogens is 2. The molecule has 1 aliphatic carbocycles. The molecule has 4 rings (SSSR count). The highest BCUT2D eigenvalue weighted by Gasteiger charge is 2.27. The van der Waals surface area contributed by atoms with Crippen LogP contribution in [0, 0.1) is 6.92 Å². The second kappa shape index (κ2) is 7.95. The highest BCUT2D eigenvalue weighted by atomic mass is 32.2. The standard InChI is InChI=1S/C22H24N4O3S/c1-3-30(28,29)25-17-11-9-16(10-12-17)23-22(27)21-19-5-4-6-20(19)26(24-21)18-13-7-15(2)8-14-18/h7-14,25H,3-6H2,1-2H3,(H,23,27). The number of hydrogen-bond acceptors (Lipinski definition) is 4. The van der Waals surface area contributed by atoms with Crippen molar-refractivity contribution in [3.8, 4) is 5.69 Å². The first-order chi connectivity index (χ1) is 14.4. The molecule has 1 aliphatic rings. The SMILES string of the molecule is CCS(=O)(=O)Nc1ccc(NC(=O)c2nn(-c3ccc(C)cc3)c3c2CCC3)cc1. The summed E-state index contributed by atoms with van der Waals surface area (Å²) >= 11 is 0. The minimum absolute atomic E-state index is 0.000237. The van der Waals surface area contributed by atoms with Crippen molar-refractivity contribution < 1.29 is 13.2 Å². The Morgan fingerprint density at radius 2 is 1.70 bits per heavy atom. The maximum absolute atomic E-state index is 12.9. The summed E-state index contributed by atoms with van der Waals surface area (Å²) in [6.07, 6.45) is 2.74. The minimum atomic E-state index is -3.33. The average Bonchev–Trinajstić information content (AvgIpc) is 3.33. The van der Waals surface area contributed by atoms with Gasteiger partial charge in [-0.2, -0.15) is 5.10 Å². The van der Waals surface area contributed by atoms with Crippen LogP contribution in [0.25, 0.3) is 5.69 Å². The average molecular weight is 425 g/mol. The number of carbonyl (C=O) groups is 1. The molecule has 0 aliphatic heterocycles. The molecule has 7 nitrogen and oxygen atoms in total. The zero-order chi connectivity index (χ0) is 21.3. The van der Waals surface area contributed by atoms with Crippen LogP contribution in [-0.4, -0.2) is 29.9 Å². The molecule has 3 aromatic rings. The van der Waals surface area contributed by atoms with Crippen LogP contribution in [0.4, 0.5) is 11.4 Å². The quantitative estimate of drug-likeness (QED) is 0.631. The van der Waals surface area contributed by atoms with Gasteiger partial charge >= 0.3 is 0 Å². The van der Waals surface area contributed by atoms with Crippen molar-refractivity contribution in [2.45, 2.75) is 33.1 Å². The van der Waals surface area contributed by atoms with Crippen molar-refractivity contribution in [1.82, 2.24) is 9.78 Å². The molecule has 156 valence electrons. The topological polar surface area (TPSA) is 93.1 Å². The third-order valence-electron chi connectivity index (χ3n) is 5.22. The van der Waals surface area contributed by atoms with Crippen LogP contribution in [0.15, 0.2) is 48.5 Å². The van der Waals surface area contributed by atoms with Crippen LogP contribution in [0.5, 0.6) is 0 Å². The van der Waals surface area contributed by atoms with Gasteiger partial charge in [-0.25, -0.2) is 13.1 Å². The van der Waals surface area contributed by atoms with Gasteiger partial charge in [-0.1, -0.05) is 17.7 Å². The monoisotopic (exact) mass is 424 g/mol. The Kier molecular flexibility index (Phi) is 5.34. The molecule has 1 heterocycles. The number of amides is 1. The van der Waals surface area contributed by atoms with Crippen LogP contribution >= 0.6 is 0 Å². The van der Waals surface area contributed by atoms with Crippen LogP contribution in [0.3, 0.4) is 0 Å². The van der Waals surface area contributed by atoms with E-state index in [2.05, 4.69) is 15.1 Å². The van der Waals surface area contributed by atoms with E-state index >= 15 is 0 Å². The zero-order valence-electron chi connectivity index (χ0n) is 17.0. The van der Waals surface area contributed by atoms with Crippen molar-refractivity contribution in [2.75, 3.05) is 15.8 Å². The van der Waals surface area contributed by atoms with Crippen molar-refractivity contribution in [3.05, 3.63) is 71.0 Å². The van der Waals surface area contributed by atoms with Crippen LogP contribution in [-0.2, 0) is 22.9 Å². The molecule has 0 atom stereocenters. The summed E-state index contributed by atoms with van der Waals surface area (Å²) < 4.78 is 27.7. The first kappa shape index (κ1) is 20.2. The van der Waals surface area contributed by atoms with E-state index in [0.29, 0.717) is 17.1 Å². The second-order valence-electron chi connectivity index (χ2n) is 7.41. The van der Waals surface area contributed by atoms with Gasteiger partial charge in [-0.3, -0.25) is 9.52 Å². The number of nitrogens with zero attached hydrogens (tertiary/aromatic N) is 2. The fourth-order valence-electron chi connectivity index (χ4n) is 3.58. The molecule has 30 heavy (non-hydrogen) atoms. The molecule has 2 N–H and O–H groups in total. The van der Waals surface area contributed by atoms with Crippen molar-refractivity contribution >= 4 is 27.3 Å². The number of fused-ring (bicyclic) bond motifs is 1. The Labute approximate surface area is 176 Å². The Bertz CT molecular complexity index is 1180. The third kappa shape index (κ3) is 4.09. The van der Waals surface area contributed by atoms with Crippen molar-refractivity contribution in [1.29, 1.82) is 0 Å². The van der Waals surface area contributed by atoms with Gasteiger partial charge in [0.25, 0.3) is 5.91 Å². The molecule has 2 aromatic carbocycles. The number of benzene rings is 2. The number of hydrogen-bond donors (Lipinski definition) is 2. The number of carbonyl (C=O) groups excluding carboxylic acids is 1.